The molecular formula is C35H26FNO5. The molecule has 0 fully saturated rings. The summed E-state index contributed by atoms with van der Waals surface area (Å²) in [6.45, 7) is 1.98. The van der Waals surface area contributed by atoms with Crippen LogP contribution < -0.4 is 4.74 Å². The Morgan fingerprint density at radius 1 is 0.857 bits per heavy atom. The molecule has 0 aliphatic rings. The molecule has 5 rings (SSSR count). The normalized spacial score (nSPS) is 11.0. The van der Waals surface area contributed by atoms with Crippen LogP contribution in [0.3, 0.4) is 0 Å². The third-order valence-corrected chi connectivity index (χ3v) is 6.77. The highest BCUT2D eigenvalue weighted by atomic mass is 19.1. The van der Waals surface area contributed by atoms with E-state index in [2.05, 4.69) is 0 Å². The van der Waals surface area contributed by atoms with Crippen LogP contribution in [0.2, 0.25) is 0 Å². The van der Waals surface area contributed by atoms with Crippen LogP contribution in [-0.2, 0) is 6.42 Å². The van der Waals surface area contributed by atoms with E-state index in [0.717, 1.165) is 22.3 Å². The van der Waals surface area contributed by atoms with Crippen LogP contribution in [0.15, 0.2) is 109 Å². The van der Waals surface area contributed by atoms with Crippen LogP contribution in [0.1, 0.15) is 38.2 Å². The second kappa shape index (κ2) is 12.3. The molecule has 0 heterocycles. The minimum absolute atomic E-state index is 0.0666. The van der Waals surface area contributed by atoms with Gasteiger partial charge in [-0.05, 0) is 76.7 Å². The molecule has 7 heteroatoms. The van der Waals surface area contributed by atoms with Crippen molar-refractivity contribution < 1.29 is 24.0 Å². The molecule has 0 aliphatic carbocycles. The number of aryl methyl sites for hydroxylation is 1. The van der Waals surface area contributed by atoms with Gasteiger partial charge in [0.15, 0.2) is 0 Å². The Bertz CT molecular complexity index is 1800. The van der Waals surface area contributed by atoms with E-state index in [-0.39, 0.29) is 22.8 Å². The predicted octanol–water partition coefficient (Wildman–Crippen LogP) is 8.96. The van der Waals surface area contributed by atoms with E-state index >= 15 is 0 Å². The first-order valence-corrected chi connectivity index (χ1v) is 13.2. The second-order valence-electron chi connectivity index (χ2n) is 9.81. The van der Waals surface area contributed by atoms with E-state index < -0.39 is 10.9 Å². The number of halogens is 1. The summed E-state index contributed by atoms with van der Waals surface area (Å²) in [5.41, 5.74) is 5.21. The summed E-state index contributed by atoms with van der Waals surface area (Å²) in [6.07, 6.45) is 3.81. The lowest BCUT2D eigenvalue weighted by molar-refractivity contribution is -0.385. The number of benzene rings is 5. The Balaban J connectivity index is 1.45. The van der Waals surface area contributed by atoms with Gasteiger partial charge < -0.3 is 9.84 Å². The Hall–Kier alpha value is -5.56. The van der Waals surface area contributed by atoms with Crippen LogP contribution in [0.5, 0.6) is 11.5 Å². The van der Waals surface area contributed by atoms with Crippen molar-refractivity contribution in [2.45, 2.75) is 13.3 Å². The molecular weight excluding hydrogens is 533 g/mol. The molecule has 6 nitrogen and oxygen atoms in total. The molecule has 0 unspecified atom stereocenters. The molecule has 208 valence electrons. The quantitative estimate of drug-likeness (QED) is 0.111. The summed E-state index contributed by atoms with van der Waals surface area (Å²) in [7, 11) is 0. The number of carboxylic acid groups (broad SMARTS) is 1. The maximum Gasteiger partial charge on any atom is 0.336 e. The van der Waals surface area contributed by atoms with Crippen molar-refractivity contribution in [1.29, 1.82) is 0 Å². The van der Waals surface area contributed by atoms with E-state index in [0.29, 0.717) is 28.9 Å². The molecule has 0 bridgehead atoms. The number of nitrogens with zero attached hydrogens (tertiary/aromatic N) is 1. The highest BCUT2D eigenvalue weighted by Crippen LogP contribution is 2.35. The zero-order chi connectivity index (χ0) is 29.6. The molecule has 0 spiro atoms. The first-order valence-electron chi connectivity index (χ1n) is 13.2. The number of aromatic carboxylic acids is 1. The van der Waals surface area contributed by atoms with Crippen molar-refractivity contribution in [3.05, 3.63) is 159 Å². The van der Waals surface area contributed by atoms with Crippen LogP contribution in [0.25, 0.3) is 23.3 Å². The number of ether oxygens (including phenoxy) is 1. The Labute approximate surface area is 242 Å². The largest absolute Gasteiger partial charge is 0.478 e. The molecule has 0 atom stereocenters. The van der Waals surface area contributed by atoms with Crippen molar-refractivity contribution in [2.24, 2.45) is 0 Å². The van der Waals surface area contributed by atoms with Gasteiger partial charge in [-0.15, -0.1) is 0 Å². The summed E-state index contributed by atoms with van der Waals surface area (Å²) in [6, 6.07) is 30.9. The maximum absolute atomic E-state index is 13.4. The number of hydrogen-bond donors (Lipinski definition) is 1. The SMILES string of the molecule is Cc1ccc(Oc2ccc(/C=C/c3cc(-c4ccc(F)cc4)ccc3C(=O)O)cc2[N+](=O)[O-])c(Cc2ccccc2)c1. The first-order chi connectivity index (χ1) is 20.3. The number of carbonyl (C=O) groups is 1. The smallest absolute Gasteiger partial charge is 0.336 e. The average Bonchev–Trinajstić information content (AvgIpc) is 2.98. The van der Waals surface area contributed by atoms with E-state index in [4.69, 9.17) is 4.74 Å². The third kappa shape index (κ3) is 6.59. The van der Waals surface area contributed by atoms with Crippen LogP contribution in [0, 0.1) is 22.9 Å². The Kier molecular flexibility index (Phi) is 8.20. The molecule has 0 saturated heterocycles. The third-order valence-electron chi connectivity index (χ3n) is 6.77. The summed E-state index contributed by atoms with van der Waals surface area (Å²) in [5, 5.41) is 21.7. The van der Waals surface area contributed by atoms with Gasteiger partial charge in [-0.25, -0.2) is 9.18 Å². The zero-order valence-corrected chi connectivity index (χ0v) is 22.7. The topological polar surface area (TPSA) is 89.7 Å². The van der Waals surface area contributed by atoms with Gasteiger partial charge in [-0.2, -0.15) is 0 Å². The van der Waals surface area contributed by atoms with Crippen molar-refractivity contribution in [3.63, 3.8) is 0 Å². The lowest BCUT2D eigenvalue weighted by Gasteiger charge is -2.13. The molecule has 1 N–H and O–H groups in total. The van der Waals surface area contributed by atoms with Gasteiger partial charge in [0.1, 0.15) is 11.6 Å². The summed E-state index contributed by atoms with van der Waals surface area (Å²) >= 11 is 0. The van der Waals surface area contributed by atoms with E-state index in [1.807, 2.05) is 55.5 Å². The maximum atomic E-state index is 13.4. The fourth-order valence-corrected chi connectivity index (χ4v) is 4.65. The molecule has 0 saturated carbocycles. The van der Waals surface area contributed by atoms with Crippen molar-refractivity contribution in [2.75, 3.05) is 0 Å². The first kappa shape index (κ1) is 28.0. The van der Waals surface area contributed by atoms with Gasteiger partial charge >= 0.3 is 11.7 Å². The zero-order valence-electron chi connectivity index (χ0n) is 22.7. The second-order valence-corrected chi connectivity index (χ2v) is 9.81. The predicted molar refractivity (Wildman–Crippen MR) is 161 cm³/mol. The van der Waals surface area contributed by atoms with Crippen LogP contribution in [0.4, 0.5) is 10.1 Å². The van der Waals surface area contributed by atoms with Crippen LogP contribution >= 0.6 is 0 Å². The molecule has 0 amide bonds. The Morgan fingerprint density at radius 2 is 1.57 bits per heavy atom. The van der Waals surface area contributed by atoms with Crippen molar-refractivity contribution in [1.82, 2.24) is 0 Å². The van der Waals surface area contributed by atoms with Gasteiger partial charge in [-0.3, -0.25) is 10.1 Å². The van der Waals surface area contributed by atoms with E-state index in [1.165, 1.54) is 30.3 Å². The van der Waals surface area contributed by atoms with Gasteiger partial charge in [0.25, 0.3) is 0 Å². The lowest BCUT2D eigenvalue weighted by Crippen LogP contribution is -1.99. The summed E-state index contributed by atoms with van der Waals surface area (Å²) in [4.78, 5) is 23.4. The monoisotopic (exact) mass is 559 g/mol. The minimum Gasteiger partial charge on any atom is -0.478 e. The molecule has 5 aromatic carbocycles. The van der Waals surface area contributed by atoms with E-state index in [9.17, 15) is 24.4 Å². The average molecular weight is 560 g/mol. The van der Waals surface area contributed by atoms with E-state index in [1.54, 1.807) is 42.5 Å². The van der Waals surface area contributed by atoms with Gasteiger partial charge in [0.05, 0.1) is 10.5 Å². The summed E-state index contributed by atoms with van der Waals surface area (Å²) < 4.78 is 19.5. The van der Waals surface area contributed by atoms with Crippen molar-refractivity contribution >= 4 is 23.8 Å². The van der Waals surface area contributed by atoms with Crippen molar-refractivity contribution in [3.8, 4) is 22.6 Å². The number of nitro groups is 1. The minimum atomic E-state index is -1.11. The fraction of sp³-hybridized carbons (Fsp3) is 0.0571. The highest BCUT2D eigenvalue weighted by Gasteiger charge is 2.18. The fourth-order valence-electron chi connectivity index (χ4n) is 4.65. The van der Waals surface area contributed by atoms with Gasteiger partial charge in [0.2, 0.25) is 5.75 Å². The molecule has 42 heavy (non-hydrogen) atoms. The Morgan fingerprint density at radius 3 is 2.29 bits per heavy atom. The summed E-state index contributed by atoms with van der Waals surface area (Å²) in [5.74, 6) is -0.858. The van der Waals surface area contributed by atoms with Gasteiger partial charge in [-0.1, -0.05) is 84.4 Å². The van der Waals surface area contributed by atoms with Crippen LogP contribution in [-0.4, -0.2) is 16.0 Å². The molecule has 5 aromatic rings. The number of rotatable bonds is 9. The lowest BCUT2D eigenvalue weighted by atomic mass is 9.98. The highest BCUT2D eigenvalue weighted by molar-refractivity contribution is 5.94. The molecule has 0 aromatic heterocycles. The number of carboxylic acids is 1. The number of nitro benzene ring substituents is 1. The number of hydrogen-bond acceptors (Lipinski definition) is 4. The van der Waals surface area contributed by atoms with Gasteiger partial charge in [0, 0.05) is 12.5 Å². The standard InChI is InChI=1S/C35H26FNO5/c1-23-7-17-33(29(19-23)20-24-5-3-2-4-6-24)42-34-18-9-25(21-32(34)37(40)41)8-10-28-22-27(13-16-31(28)35(38)39)26-11-14-30(36)15-12-26/h2-19,21-22H,20H2,1H3,(H,38,39)/b10-8+. The molecule has 0 radical (unpaired) electrons. The molecule has 0 aliphatic heterocycles.